The lowest BCUT2D eigenvalue weighted by Crippen LogP contribution is -2.39. The highest BCUT2D eigenvalue weighted by Crippen LogP contribution is 2.37. The number of hydrogen-bond acceptors (Lipinski definition) is 7. The van der Waals surface area contributed by atoms with Crippen LogP contribution in [-0.4, -0.2) is 32.8 Å². The number of carbonyl (C=O) groups excluding carboxylic acids is 1. The first-order valence-corrected chi connectivity index (χ1v) is 11.7. The maximum atomic E-state index is 13.2. The van der Waals surface area contributed by atoms with Crippen molar-refractivity contribution in [2.75, 3.05) is 18.0 Å². The number of pyridine rings is 1. The fourth-order valence-corrected chi connectivity index (χ4v) is 5.54. The van der Waals surface area contributed by atoms with Crippen molar-refractivity contribution in [3.8, 4) is 6.07 Å². The molecule has 0 aliphatic carbocycles. The number of anilines is 1. The van der Waals surface area contributed by atoms with Crippen LogP contribution in [0.15, 0.2) is 32.5 Å². The van der Waals surface area contributed by atoms with E-state index in [-0.39, 0.29) is 23.6 Å². The Kier molecular flexibility index (Phi) is 6.26. The minimum atomic E-state index is -0.319. The molecule has 9 heteroatoms. The smallest absolute Gasteiger partial charge is 0.270 e. The van der Waals surface area contributed by atoms with Crippen LogP contribution < -0.4 is 10.5 Å². The largest absolute Gasteiger partial charge is 0.467 e. The minimum absolute atomic E-state index is 0.0959. The van der Waals surface area contributed by atoms with Crippen molar-refractivity contribution in [2.45, 2.75) is 33.2 Å². The van der Waals surface area contributed by atoms with Crippen molar-refractivity contribution in [2.24, 2.45) is 13.0 Å². The Labute approximate surface area is 196 Å². The van der Waals surface area contributed by atoms with E-state index in [0.717, 1.165) is 37.3 Å². The van der Waals surface area contributed by atoms with Crippen LogP contribution in [0.25, 0.3) is 6.08 Å². The minimum Gasteiger partial charge on any atom is -0.467 e. The van der Waals surface area contributed by atoms with Gasteiger partial charge in [0.1, 0.15) is 27.5 Å². The van der Waals surface area contributed by atoms with Crippen LogP contribution in [0.5, 0.6) is 0 Å². The summed E-state index contributed by atoms with van der Waals surface area (Å²) < 4.78 is 7.36. The van der Waals surface area contributed by atoms with E-state index >= 15 is 0 Å². The van der Waals surface area contributed by atoms with Gasteiger partial charge in [-0.3, -0.25) is 19.1 Å². The quantitative estimate of drug-likeness (QED) is 0.499. The van der Waals surface area contributed by atoms with E-state index in [4.69, 9.17) is 16.6 Å². The van der Waals surface area contributed by atoms with E-state index < -0.39 is 0 Å². The molecule has 1 unspecified atom stereocenters. The van der Waals surface area contributed by atoms with Crippen LogP contribution in [0, 0.1) is 24.2 Å². The fraction of sp³-hybridized carbons (Fsp3) is 0.391. The van der Waals surface area contributed by atoms with Gasteiger partial charge in [-0.1, -0.05) is 30.9 Å². The molecule has 7 nitrogen and oxygen atoms in total. The third kappa shape index (κ3) is 4.00. The van der Waals surface area contributed by atoms with Gasteiger partial charge in [0, 0.05) is 25.7 Å². The Balaban J connectivity index is 1.80. The van der Waals surface area contributed by atoms with Gasteiger partial charge in [0.25, 0.3) is 11.5 Å². The molecule has 2 fully saturated rings. The number of nitriles is 1. The lowest BCUT2D eigenvalue weighted by molar-refractivity contribution is -0.122. The number of carbonyl (C=O) groups is 1. The second-order valence-electron chi connectivity index (χ2n) is 8.25. The molecule has 0 radical (unpaired) electrons. The van der Waals surface area contributed by atoms with E-state index in [9.17, 15) is 14.9 Å². The van der Waals surface area contributed by atoms with Gasteiger partial charge in [-0.05, 0) is 49.5 Å². The molecule has 4 heterocycles. The standard InChI is InChI=1S/C23H24N4O3S2/c1-14-6-4-8-26(12-14)20-17(15(2)18(11-24)21(28)25(20)3)10-19-22(29)27(23(31)32-19)13-16-7-5-9-30-16/h5,7,9-10,14H,4,6,8,12-13H2,1-3H3. The fourth-order valence-electron chi connectivity index (χ4n) is 4.30. The summed E-state index contributed by atoms with van der Waals surface area (Å²) in [6.45, 7) is 5.87. The highest BCUT2D eigenvalue weighted by molar-refractivity contribution is 8.26. The summed E-state index contributed by atoms with van der Waals surface area (Å²) in [5.74, 6) is 1.68. The number of thiocarbonyl (C=S) groups is 1. The van der Waals surface area contributed by atoms with Crippen LogP contribution in [0.1, 0.15) is 42.2 Å². The predicted octanol–water partition coefficient (Wildman–Crippen LogP) is 3.80. The zero-order valence-corrected chi connectivity index (χ0v) is 19.9. The second kappa shape index (κ2) is 8.96. The molecule has 0 spiro atoms. The number of furan rings is 1. The molecule has 0 N–H and O–H groups in total. The van der Waals surface area contributed by atoms with E-state index in [2.05, 4.69) is 11.8 Å². The summed E-state index contributed by atoms with van der Waals surface area (Å²) >= 11 is 6.68. The summed E-state index contributed by atoms with van der Waals surface area (Å²) in [6, 6.07) is 5.62. The molecule has 0 saturated carbocycles. The number of piperidine rings is 1. The Bertz CT molecular complexity index is 1210. The predicted molar refractivity (Wildman–Crippen MR) is 129 cm³/mol. The van der Waals surface area contributed by atoms with Crippen molar-refractivity contribution >= 4 is 46.1 Å². The molecule has 166 valence electrons. The Hall–Kier alpha value is -2.83. The van der Waals surface area contributed by atoms with Crippen LogP contribution >= 0.6 is 24.0 Å². The molecule has 4 rings (SSSR count). The first-order chi connectivity index (χ1) is 15.3. The van der Waals surface area contributed by atoms with Gasteiger partial charge in [0.15, 0.2) is 0 Å². The van der Waals surface area contributed by atoms with Gasteiger partial charge < -0.3 is 9.32 Å². The Morgan fingerprint density at radius 1 is 1.41 bits per heavy atom. The van der Waals surface area contributed by atoms with E-state index in [1.165, 1.54) is 16.7 Å². The average molecular weight is 469 g/mol. The van der Waals surface area contributed by atoms with Crippen LogP contribution in [0.4, 0.5) is 5.82 Å². The van der Waals surface area contributed by atoms with E-state index in [1.54, 1.807) is 43.0 Å². The van der Waals surface area contributed by atoms with Crippen molar-refractivity contribution in [3.05, 3.63) is 56.1 Å². The summed E-state index contributed by atoms with van der Waals surface area (Å²) in [5.41, 5.74) is 1.08. The van der Waals surface area contributed by atoms with Crippen molar-refractivity contribution in [3.63, 3.8) is 0 Å². The van der Waals surface area contributed by atoms with Crippen molar-refractivity contribution in [1.29, 1.82) is 5.26 Å². The molecule has 1 amide bonds. The molecule has 2 aromatic rings. The van der Waals surface area contributed by atoms with Gasteiger partial charge in [-0.25, -0.2) is 0 Å². The van der Waals surface area contributed by atoms with Gasteiger partial charge in [-0.2, -0.15) is 5.26 Å². The molecule has 2 aliphatic rings. The zero-order chi connectivity index (χ0) is 23.0. The topological polar surface area (TPSA) is 82.5 Å². The Morgan fingerprint density at radius 3 is 2.84 bits per heavy atom. The van der Waals surface area contributed by atoms with Gasteiger partial charge in [-0.15, -0.1) is 0 Å². The zero-order valence-electron chi connectivity index (χ0n) is 18.3. The SMILES string of the molecule is Cc1c(C=C2SC(=S)N(Cc3ccco3)C2=O)c(N2CCCC(C)C2)n(C)c(=O)c1C#N. The molecule has 0 bridgehead atoms. The van der Waals surface area contributed by atoms with Gasteiger partial charge in [0.05, 0.1) is 17.7 Å². The number of aromatic nitrogens is 1. The maximum Gasteiger partial charge on any atom is 0.270 e. The van der Waals surface area contributed by atoms with E-state index in [0.29, 0.717) is 26.5 Å². The summed E-state index contributed by atoms with van der Waals surface area (Å²) in [4.78, 5) is 30.2. The van der Waals surface area contributed by atoms with Crippen LogP contribution in [0.2, 0.25) is 0 Å². The van der Waals surface area contributed by atoms with Crippen LogP contribution in [0.3, 0.4) is 0 Å². The second-order valence-corrected chi connectivity index (χ2v) is 9.93. The maximum absolute atomic E-state index is 13.2. The lowest BCUT2D eigenvalue weighted by Gasteiger charge is -2.35. The number of thioether (sulfide) groups is 1. The summed E-state index contributed by atoms with van der Waals surface area (Å²) in [5, 5.41) is 9.62. The van der Waals surface area contributed by atoms with Crippen molar-refractivity contribution < 1.29 is 9.21 Å². The molecular weight excluding hydrogens is 444 g/mol. The number of nitrogens with zero attached hydrogens (tertiary/aromatic N) is 4. The highest BCUT2D eigenvalue weighted by Gasteiger charge is 2.34. The summed E-state index contributed by atoms with van der Waals surface area (Å²) in [7, 11) is 1.69. The average Bonchev–Trinajstić information content (AvgIpc) is 3.37. The normalized spacial score (nSPS) is 20.3. The molecule has 2 saturated heterocycles. The van der Waals surface area contributed by atoms with Gasteiger partial charge >= 0.3 is 0 Å². The first kappa shape index (κ1) is 22.4. The van der Waals surface area contributed by atoms with E-state index in [1.807, 2.05) is 6.07 Å². The third-order valence-electron chi connectivity index (χ3n) is 5.97. The monoisotopic (exact) mass is 468 g/mol. The third-order valence-corrected chi connectivity index (χ3v) is 7.35. The molecule has 2 aromatic heterocycles. The number of hydrogen-bond donors (Lipinski definition) is 0. The first-order valence-electron chi connectivity index (χ1n) is 10.5. The Morgan fingerprint density at radius 2 is 2.19 bits per heavy atom. The van der Waals surface area contributed by atoms with Crippen molar-refractivity contribution in [1.82, 2.24) is 9.47 Å². The molecule has 32 heavy (non-hydrogen) atoms. The van der Waals surface area contributed by atoms with Gasteiger partial charge in [0.2, 0.25) is 0 Å². The number of rotatable bonds is 4. The number of amides is 1. The summed E-state index contributed by atoms with van der Waals surface area (Å²) in [6.07, 6.45) is 5.51. The molecular formula is C23H24N4O3S2. The molecule has 2 aliphatic heterocycles. The van der Waals surface area contributed by atoms with Crippen LogP contribution in [-0.2, 0) is 18.4 Å². The molecule has 0 aromatic carbocycles. The lowest BCUT2D eigenvalue weighted by atomic mass is 9.98. The highest BCUT2D eigenvalue weighted by atomic mass is 32.2. The molecule has 1 atom stereocenters.